The van der Waals surface area contributed by atoms with E-state index < -0.39 is 0 Å². The first-order valence-corrected chi connectivity index (χ1v) is 6.41. The molecule has 0 aromatic heterocycles. The van der Waals surface area contributed by atoms with Crippen LogP contribution in [-0.4, -0.2) is 75.9 Å². The number of hydrogen-bond donors (Lipinski definition) is 1. The molecule has 17 heavy (non-hydrogen) atoms. The zero-order valence-electron chi connectivity index (χ0n) is 11.2. The average molecular weight is 249 g/mol. The van der Waals surface area contributed by atoms with Crippen LogP contribution in [0.25, 0.3) is 0 Å². The molecule has 0 aliphatic carbocycles. The van der Waals surface area contributed by atoms with E-state index in [2.05, 4.69) is 18.7 Å². The van der Waals surface area contributed by atoms with Crippen molar-refractivity contribution in [3.63, 3.8) is 0 Å². The van der Waals surface area contributed by atoms with Crippen molar-refractivity contribution in [2.24, 2.45) is 0 Å². The van der Waals surface area contributed by atoms with Gasteiger partial charge in [0.1, 0.15) is 0 Å². The first kappa shape index (κ1) is 16.8. The van der Waals surface area contributed by atoms with Gasteiger partial charge in [-0.2, -0.15) is 0 Å². The van der Waals surface area contributed by atoms with E-state index >= 15 is 0 Å². The minimum absolute atomic E-state index is 0.0640. The topological polar surface area (TPSA) is 51.2 Å². The number of nitrogens with zero attached hydrogens (tertiary/aromatic N) is 1. The summed E-state index contributed by atoms with van der Waals surface area (Å²) in [4.78, 5) is 2.32. The fourth-order valence-electron chi connectivity index (χ4n) is 1.34. The number of hydrogen-bond acceptors (Lipinski definition) is 5. The van der Waals surface area contributed by atoms with Crippen LogP contribution >= 0.6 is 0 Å². The van der Waals surface area contributed by atoms with Gasteiger partial charge in [0.2, 0.25) is 0 Å². The smallest absolute Gasteiger partial charge is 0.0701 e. The Kier molecular flexibility index (Phi) is 13.7. The number of ether oxygens (including phenoxy) is 3. The molecule has 5 nitrogen and oxygen atoms in total. The van der Waals surface area contributed by atoms with Gasteiger partial charge in [-0.05, 0) is 13.1 Å². The minimum Gasteiger partial charge on any atom is -0.394 e. The van der Waals surface area contributed by atoms with Gasteiger partial charge in [-0.1, -0.05) is 13.8 Å². The summed E-state index contributed by atoms with van der Waals surface area (Å²) in [5.74, 6) is 0. The molecule has 0 amide bonds. The molecule has 0 aromatic rings. The summed E-state index contributed by atoms with van der Waals surface area (Å²) in [6, 6.07) is 0. The van der Waals surface area contributed by atoms with Gasteiger partial charge in [0.15, 0.2) is 0 Å². The molecule has 104 valence electrons. The van der Waals surface area contributed by atoms with Crippen molar-refractivity contribution < 1.29 is 19.3 Å². The maximum Gasteiger partial charge on any atom is 0.0701 e. The van der Waals surface area contributed by atoms with E-state index in [-0.39, 0.29) is 6.61 Å². The van der Waals surface area contributed by atoms with Crippen molar-refractivity contribution in [3.8, 4) is 0 Å². The summed E-state index contributed by atoms with van der Waals surface area (Å²) >= 11 is 0. The van der Waals surface area contributed by atoms with E-state index in [0.29, 0.717) is 33.0 Å². The van der Waals surface area contributed by atoms with Crippen molar-refractivity contribution in [2.75, 3.05) is 65.9 Å². The molecule has 0 saturated carbocycles. The second kappa shape index (κ2) is 13.9. The molecule has 5 heteroatoms. The Balaban J connectivity index is 3.03. The summed E-state index contributed by atoms with van der Waals surface area (Å²) in [5, 5.41) is 8.46. The maximum atomic E-state index is 8.46. The molecule has 0 unspecified atom stereocenters. The van der Waals surface area contributed by atoms with Gasteiger partial charge in [0, 0.05) is 6.54 Å². The van der Waals surface area contributed by atoms with E-state index in [1.54, 1.807) is 0 Å². The molecule has 0 heterocycles. The molecule has 0 radical (unpaired) electrons. The van der Waals surface area contributed by atoms with Crippen LogP contribution in [0.4, 0.5) is 0 Å². The van der Waals surface area contributed by atoms with Crippen LogP contribution in [0.2, 0.25) is 0 Å². The SMILES string of the molecule is CCN(CC)CCOCCOCCOCCO. The molecule has 0 spiro atoms. The van der Waals surface area contributed by atoms with Crippen LogP contribution in [0, 0.1) is 0 Å². The Labute approximate surface area is 105 Å². The highest BCUT2D eigenvalue weighted by molar-refractivity contribution is 4.49. The first-order valence-electron chi connectivity index (χ1n) is 6.41. The van der Waals surface area contributed by atoms with Crippen LogP contribution in [0.1, 0.15) is 13.8 Å². The van der Waals surface area contributed by atoms with Gasteiger partial charge in [0.25, 0.3) is 0 Å². The lowest BCUT2D eigenvalue weighted by molar-refractivity contribution is 0.00493. The molecule has 0 fully saturated rings. The molecular formula is C12H27NO4. The molecule has 1 N–H and O–H groups in total. The van der Waals surface area contributed by atoms with Crippen molar-refractivity contribution >= 4 is 0 Å². The summed E-state index contributed by atoms with van der Waals surface area (Å²) < 4.78 is 15.8. The van der Waals surface area contributed by atoms with Crippen LogP contribution in [0.5, 0.6) is 0 Å². The predicted molar refractivity (Wildman–Crippen MR) is 67.3 cm³/mol. The van der Waals surface area contributed by atoms with Gasteiger partial charge < -0.3 is 24.2 Å². The predicted octanol–water partition coefficient (Wildman–Crippen LogP) is 0.370. The zero-order chi connectivity index (χ0) is 12.8. The standard InChI is InChI=1S/C12H27NO4/c1-3-13(4-2)5-7-15-9-11-17-12-10-16-8-6-14/h14H,3-12H2,1-2H3. The van der Waals surface area contributed by atoms with Crippen molar-refractivity contribution in [3.05, 3.63) is 0 Å². The average Bonchev–Trinajstić information content (AvgIpc) is 2.36. The van der Waals surface area contributed by atoms with E-state index in [9.17, 15) is 0 Å². The normalized spacial score (nSPS) is 11.3. The van der Waals surface area contributed by atoms with Gasteiger partial charge in [-0.25, -0.2) is 0 Å². The van der Waals surface area contributed by atoms with Crippen LogP contribution < -0.4 is 0 Å². The minimum atomic E-state index is 0.0640. The molecule has 0 aliphatic heterocycles. The molecule has 0 aliphatic rings. The maximum absolute atomic E-state index is 8.46. The Hall–Kier alpha value is -0.200. The zero-order valence-corrected chi connectivity index (χ0v) is 11.2. The van der Waals surface area contributed by atoms with Crippen molar-refractivity contribution in [1.82, 2.24) is 4.90 Å². The summed E-state index contributed by atoms with van der Waals surface area (Å²) in [6.45, 7) is 10.9. The Morgan fingerprint density at radius 1 is 0.765 bits per heavy atom. The third-order valence-corrected chi connectivity index (χ3v) is 2.43. The van der Waals surface area contributed by atoms with Gasteiger partial charge in [-0.15, -0.1) is 0 Å². The molecule has 0 bridgehead atoms. The molecule has 0 saturated heterocycles. The number of likely N-dealkylation sites (N-methyl/N-ethyl adjacent to an activating group) is 1. The molecule has 0 rings (SSSR count). The van der Waals surface area contributed by atoms with Gasteiger partial charge in [0.05, 0.1) is 46.2 Å². The Morgan fingerprint density at radius 3 is 1.71 bits per heavy atom. The lowest BCUT2D eigenvalue weighted by atomic mass is 10.5. The first-order chi connectivity index (χ1) is 8.35. The largest absolute Gasteiger partial charge is 0.394 e. The fraction of sp³-hybridized carbons (Fsp3) is 1.00. The van der Waals surface area contributed by atoms with Crippen molar-refractivity contribution in [2.45, 2.75) is 13.8 Å². The Morgan fingerprint density at radius 2 is 1.24 bits per heavy atom. The van der Waals surface area contributed by atoms with E-state index in [4.69, 9.17) is 19.3 Å². The third-order valence-electron chi connectivity index (χ3n) is 2.43. The van der Waals surface area contributed by atoms with Crippen LogP contribution in [0.15, 0.2) is 0 Å². The van der Waals surface area contributed by atoms with Crippen LogP contribution in [0.3, 0.4) is 0 Å². The highest BCUT2D eigenvalue weighted by atomic mass is 16.5. The third kappa shape index (κ3) is 12.1. The fourth-order valence-corrected chi connectivity index (χ4v) is 1.34. The lowest BCUT2D eigenvalue weighted by Gasteiger charge is -2.17. The lowest BCUT2D eigenvalue weighted by Crippen LogP contribution is -2.27. The van der Waals surface area contributed by atoms with Gasteiger partial charge in [-0.3, -0.25) is 0 Å². The summed E-state index contributed by atoms with van der Waals surface area (Å²) in [5.41, 5.74) is 0. The highest BCUT2D eigenvalue weighted by Crippen LogP contribution is 1.87. The summed E-state index contributed by atoms with van der Waals surface area (Å²) in [6.07, 6.45) is 0. The second-order valence-electron chi connectivity index (χ2n) is 3.59. The Bertz CT molecular complexity index is 142. The highest BCUT2D eigenvalue weighted by Gasteiger charge is 1.97. The number of aliphatic hydroxyl groups excluding tert-OH is 1. The monoisotopic (exact) mass is 249 g/mol. The quantitative estimate of drug-likeness (QED) is 0.478. The van der Waals surface area contributed by atoms with E-state index in [1.165, 1.54) is 0 Å². The van der Waals surface area contributed by atoms with Crippen molar-refractivity contribution in [1.29, 1.82) is 0 Å². The number of rotatable bonds is 13. The van der Waals surface area contributed by atoms with Gasteiger partial charge >= 0.3 is 0 Å². The summed E-state index contributed by atoms with van der Waals surface area (Å²) in [7, 11) is 0. The number of aliphatic hydroxyl groups is 1. The van der Waals surface area contributed by atoms with Crippen LogP contribution in [-0.2, 0) is 14.2 Å². The second-order valence-corrected chi connectivity index (χ2v) is 3.59. The molecule has 0 aromatic carbocycles. The molecule has 0 atom stereocenters. The molecular weight excluding hydrogens is 222 g/mol. The van der Waals surface area contributed by atoms with E-state index in [0.717, 1.165) is 26.2 Å². The van der Waals surface area contributed by atoms with E-state index in [1.807, 2.05) is 0 Å².